The second kappa shape index (κ2) is 10.3. The lowest BCUT2D eigenvalue weighted by molar-refractivity contribution is -0.118. The first-order valence-corrected chi connectivity index (χ1v) is 11.6. The molecule has 0 spiro atoms. The molecular weight excluding hydrogens is 443 g/mol. The van der Waals surface area contributed by atoms with Gasteiger partial charge in [-0.1, -0.05) is 59.7 Å². The molecule has 0 heterocycles. The van der Waals surface area contributed by atoms with E-state index in [-0.39, 0.29) is 35.1 Å². The van der Waals surface area contributed by atoms with Crippen molar-refractivity contribution in [3.63, 3.8) is 0 Å². The van der Waals surface area contributed by atoms with E-state index in [2.05, 4.69) is 58.2 Å². The smallest absolute Gasteiger partial charge is 0.262 e. The maximum Gasteiger partial charge on any atom is 0.262 e. The SMILES string of the molecule is CC(C)(C)c1ccc(OCC(=O)Nc2cccc(C(=O)Nc3ccc(F)cc3)c2)c(C(C)(C)C)c1. The molecule has 184 valence electrons. The van der Waals surface area contributed by atoms with E-state index in [9.17, 15) is 14.0 Å². The van der Waals surface area contributed by atoms with Crippen LogP contribution in [0.3, 0.4) is 0 Å². The van der Waals surface area contributed by atoms with Crippen molar-refractivity contribution in [2.75, 3.05) is 17.2 Å². The molecule has 3 aromatic carbocycles. The van der Waals surface area contributed by atoms with Crippen LogP contribution in [-0.2, 0) is 15.6 Å². The monoisotopic (exact) mass is 476 g/mol. The van der Waals surface area contributed by atoms with E-state index in [1.807, 2.05) is 12.1 Å². The standard InChI is InChI=1S/C29H33FN2O3/c1-28(2,3)20-10-15-25(24(17-20)29(4,5)6)35-18-26(33)31-23-9-7-8-19(16-23)27(34)32-22-13-11-21(30)12-14-22/h7-17H,18H2,1-6H3,(H,31,33)(H,32,34). The number of ether oxygens (including phenoxy) is 1. The van der Waals surface area contributed by atoms with Crippen LogP contribution in [0.25, 0.3) is 0 Å². The largest absolute Gasteiger partial charge is 0.483 e. The van der Waals surface area contributed by atoms with Gasteiger partial charge in [-0.2, -0.15) is 0 Å². The van der Waals surface area contributed by atoms with E-state index >= 15 is 0 Å². The van der Waals surface area contributed by atoms with Crippen molar-refractivity contribution in [2.24, 2.45) is 0 Å². The third kappa shape index (κ3) is 7.15. The highest BCUT2D eigenvalue weighted by atomic mass is 19.1. The Morgan fingerprint density at radius 2 is 1.49 bits per heavy atom. The number of anilines is 2. The van der Waals surface area contributed by atoms with Gasteiger partial charge in [0.15, 0.2) is 6.61 Å². The molecule has 0 aliphatic rings. The molecule has 0 atom stereocenters. The summed E-state index contributed by atoms with van der Waals surface area (Å²) in [5.74, 6) is -0.402. The van der Waals surface area contributed by atoms with Gasteiger partial charge in [0.25, 0.3) is 11.8 Å². The molecule has 3 rings (SSSR count). The molecule has 2 amide bonds. The second-order valence-corrected chi connectivity index (χ2v) is 10.6. The van der Waals surface area contributed by atoms with Crippen LogP contribution in [0.4, 0.5) is 15.8 Å². The van der Waals surface area contributed by atoms with E-state index < -0.39 is 0 Å². The molecule has 0 saturated heterocycles. The first-order chi connectivity index (χ1) is 16.3. The van der Waals surface area contributed by atoms with Gasteiger partial charge < -0.3 is 15.4 Å². The predicted molar refractivity (Wildman–Crippen MR) is 139 cm³/mol. The van der Waals surface area contributed by atoms with Crippen molar-refractivity contribution in [1.82, 2.24) is 0 Å². The first kappa shape index (κ1) is 25.9. The third-order valence-electron chi connectivity index (χ3n) is 5.52. The van der Waals surface area contributed by atoms with Gasteiger partial charge >= 0.3 is 0 Å². The van der Waals surface area contributed by atoms with Gasteiger partial charge in [-0.25, -0.2) is 4.39 Å². The van der Waals surface area contributed by atoms with Crippen LogP contribution < -0.4 is 15.4 Å². The number of halogens is 1. The number of rotatable bonds is 6. The Labute approximate surface area is 206 Å². The van der Waals surface area contributed by atoms with Crippen molar-refractivity contribution in [3.8, 4) is 5.75 Å². The van der Waals surface area contributed by atoms with Crippen LogP contribution in [0.15, 0.2) is 66.7 Å². The topological polar surface area (TPSA) is 67.4 Å². The summed E-state index contributed by atoms with van der Waals surface area (Å²) in [6.45, 7) is 12.7. The van der Waals surface area contributed by atoms with E-state index in [1.54, 1.807) is 24.3 Å². The normalized spacial score (nSPS) is 11.6. The van der Waals surface area contributed by atoms with Gasteiger partial charge in [-0.15, -0.1) is 0 Å². The van der Waals surface area contributed by atoms with Crippen molar-refractivity contribution in [3.05, 3.63) is 89.2 Å². The molecule has 0 aliphatic carbocycles. The molecule has 2 N–H and O–H groups in total. The van der Waals surface area contributed by atoms with Crippen molar-refractivity contribution in [1.29, 1.82) is 0 Å². The molecular formula is C29H33FN2O3. The molecule has 0 saturated carbocycles. The Hall–Kier alpha value is -3.67. The lowest BCUT2D eigenvalue weighted by atomic mass is 9.80. The Morgan fingerprint density at radius 3 is 2.11 bits per heavy atom. The maximum absolute atomic E-state index is 13.1. The summed E-state index contributed by atoms with van der Waals surface area (Å²) < 4.78 is 19.0. The highest BCUT2D eigenvalue weighted by Gasteiger charge is 2.23. The van der Waals surface area contributed by atoms with Crippen LogP contribution in [0, 0.1) is 5.82 Å². The number of hydrogen-bond donors (Lipinski definition) is 2. The number of carbonyl (C=O) groups is 2. The molecule has 0 bridgehead atoms. The van der Waals surface area contributed by atoms with Crippen LogP contribution in [-0.4, -0.2) is 18.4 Å². The Morgan fingerprint density at radius 1 is 0.800 bits per heavy atom. The van der Waals surface area contributed by atoms with Crippen molar-refractivity contribution in [2.45, 2.75) is 52.4 Å². The van der Waals surface area contributed by atoms with E-state index in [0.717, 1.165) is 5.56 Å². The summed E-state index contributed by atoms with van der Waals surface area (Å²) in [6, 6.07) is 18.2. The van der Waals surface area contributed by atoms with Gasteiger partial charge in [0.2, 0.25) is 0 Å². The quantitative estimate of drug-likeness (QED) is 0.416. The summed E-state index contributed by atoms with van der Waals surface area (Å²) >= 11 is 0. The Balaban J connectivity index is 1.66. The fraction of sp³-hybridized carbons (Fsp3) is 0.310. The first-order valence-electron chi connectivity index (χ1n) is 11.6. The minimum Gasteiger partial charge on any atom is -0.483 e. The van der Waals surface area contributed by atoms with Crippen LogP contribution in [0.2, 0.25) is 0 Å². The van der Waals surface area contributed by atoms with Crippen LogP contribution >= 0.6 is 0 Å². The fourth-order valence-corrected chi connectivity index (χ4v) is 3.52. The molecule has 0 aromatic heterocycles. The minimum absolute atomic E-state index is 0.00388. The minimum atomic E-state index is -0.380. The van der Waals surface area contributed by atoms with Crippen molar-refractivity contribution >= 4 is 23.2 Å². The molecule has 5 nitrogen and oxygen atoms in total. The Kier molecular flexibility index (Phi) is 7.64. The number of benzene rings is 3. The number of carbonyl (C=O) groups excluding carboxylic acids is 2. The predicted octanol–water partition coefficient (Wildman–Crippen LogP) is 6.69. The number of nitrogens with one attached hydrogen (secondary N) is 2. The van der Waals surface area contributed by atoms with Gasteiger partial charge in [-0.05, 0) is 70.5 Å². The number of amides is 2. The van der Waals surface area contributed by atoms with Gasteiger partial charge in [-0.3, -0.25) is 9.59 Å². The molecule has 0 fully saturated rings. The van der Waals surface area contributed by atoms with E-state index in [4.69, 9.17) is 4.74 Å². The summed E-state index contributed by atoms with van der Waals surface area (Å²) in [7, 11) is 0. The zero-order valence-corrected chi connectivity index (χ0v) is 21.2. The lowest BCUT2D eigenvalue weighted by Crippen LogP contribution is -2.23. The van der Waals surface area contributed by atoms with Gasteiger partial charge in [0.1, 0.15) is 11.6 Å². The summed E-state index contributed by atoms with van der Waals surface area (Å²) in [6.07, 6.45) is 0. The molecule has 0 radical (unpaired) electrons. The average Bonchev–Trinajstić information content (AvgIpc) is 2.78. The zero-order valence-electron chi connectivity index (χ0n) is 21.2. The molecule has 6 heteroatoms. The summed E-state index contributed by atoms with van der Waals surface area (Å²) in [4.78, 5) is 25.1. The molecule has 3 aromatic rings. The highest BCUT2D eigenvalue weighted by Crippen LogP contribution is 2.35. The Bertz CT molecular complexity index is 1210. The number of hydrogen-bond acceptors (Lipinski definition) is 3. The van der Waals surface area contributed by atoms with Crippen LogP contribution in [0.1, 0.15) is 63.0 Å². The van der Waals surface area contributed by atoms with E-state index in [0.29, 0.717) is 22.7 Å². The summed E-state index contributed by atoms with van der Waals surface area (Å²) in [5.41, 5.74) is 3.41. The van der Waals surface area contributed by atoms with Gasteiger partial charge in [0, 0.05) is 16.9 Å². The lowest BCUT2D eigenvalue weighted by Gasteiger charge is -2.27. The fourth-order valence-electron chi connectivity index (χ4n) is 3.52. The van der Waals surface area contributed by atoms with Crippen LogP contribution in [0.5, 0.6) is 5.75 Å². The molecule has 0 aliphatic heterocycles. The highest BCUT2D eigenvalue weighted by molar-refractivity contribution is 6.05. The second-order valence-electron chi connectivity index (χ2n) is 10.6. The summed E-state index contributed by atoms with van der Waals surface area (Å²) in [5, 5.41) is 5.48. The molecule has 0 unspecified atom stereocenters. The third-order valence-corrected chi connectivity index (χ3v) is 5.52. The van der Waals surface area contributed by atoms with Gasteiger partial charge in [0.05, 0.1) is 0 Å². The van der Waals surface area contributed by atoms with Crippen molar-refractivity contribution < 1.29 is 18.7 Å². The average molecular weight is 477 g/mol. The van der Waals surface area contributed by atoms with E-state index in [1.165, 1.54) is 29.8 Å². The molecule has 35 heavy (non-hydrogen) atoms. The zero-order chi connectivity index (χ0) is 25.8. The maximum atomic E-state index is 13.1.